The molecule has 0 fully saturated rings. The first kappa shape index (κ1) is 17.2. The number of halogens is 3. The van der Waals surface area contributed by atoms with Crippen LogP contribution in [0, 0.1) is 0 Å². The third kappa shape index (κ3) is 3.14. The highest BCUT2D eigenvalue weighted by Crippen LogP contribution is 2.24. The minimum Gasteiger partial charge on any atom is -0.348 e. The maximum Gasteiger partial charge on any atom is 0.0943 e. The fourth-order valence-electron chi connectivity index (χ4n) is 2.01. The molecule has 1 aliphatic rings. The van der Waals surface area contributed by atoms with E-state index in [1.807, 2.05) is 24.4 Å². The molecule has 3 rings (SSSR count). The van der Waals surface area contributed by atoms with Crippen molar-refractivity contribution >= 4 is 37.2 Å². The van der Waals surface area contributed by atoms with Crippen LogP contribution >= 0.6 is 37.2 Å². The Bertz CT molecular complexity index is 460. The molecule has 2 aromatic heterocycles. The van der Waals surface area contributed by atoms with Crippen LogP contribution in [0.15, 0.2) is 30.7 Å². The highest BCUT2D eigenvalue weighted by molar-refractivity contribution is 5.86. The average Bonchev–Trinajstić information content (AvgIpc) is 2.78. The second-order valence-electron chi connectivity index (χ2n) is 3.66. The molecule has 0 bridgehead atoms. The van der Waals surface area contributed by atoms with E-state index in [4.69, 9.17) is 0 Å². The quantitative estimate of drug-likeness (QED) is 0.850. The normalized spacial score (nSPS) is 16.6. The summed E-state index contributed by atoms with van der Waals surface area (Å²) in [5.41, 5.74) is 3.34. The first-order valence-corrected chi connectivity index (χ1v) is 5.11. The Morgan fingerprint density at radius 2 is 1.94 bits per heavy atom. The van der Waals surface area contributed by atoms with Crippen LogP contribution in [-0.4, -0.2) is 21.5 Å². The molecule has 2 N–H and O–H groups in total. The molecule has 2 aromatic rings. The van der Waals surface area contributed by atoms with Gasteiger partial charge in [-0.2, -0.15) is 0 Å². The minimum atomic E-state index is 0. The number of aromatic amines is 1. The molecule has 0 aliphatic carbocycles. The van der Waals surface area contributed by atoms with Crippen LogP contribution in [0.5, 0.6) is 0 Å². The molecule has 0 saturated heterocycles. The highest BCUT2D eigenvalue weighted by Gasteiger charge is 2.24. The number of hydrogen-bond donors (Lipinski definition) is 2. The van der Waals surface area contributed by atoms with Crippen LogP contribution < -0.4 is 5.32 Å². The zero-order valence-electron chi connectivity index (χ0n) is 9.50. The Labute approximate surface area is 124 Å². The van der Waals surface area contributed by atoms with E-state index >= 15 is 0 Å². The smallest absolute Gasteiger partial charge is 0.0943 e. The maximum atomic E-state index is 4.36. The summed E-state index contributed by atoms with van der Waals surface area (Å²) in [6.07, 6.45) is 4.59. The number of fused-ring (bicyclic) bond motifs is 1. The van der Waals surface area contributed by atoms with Gasteiger partial charge in [-0.3, -0.25) is 4.98 Å². The van der Waals surface area contributed by atoms with Crippen LogP contribution in [0.2, 0.25) is 0 Å². The van der Waals surface area contributed by atoms with Gasteiger partial charge in [0.25, 0.3) is 0 Å². The number of imidazole rings is 1. The zero-order valence-corrected chi connectivity index (χ0v) is 11.9. The van der Waals surface area contributed by atoms with Gasteiger partial charge in [0.05, 0.1) is 23.8 Å². The van der Waals surface area contributed by atoms with E-state index in [1.54, 1.807) is 6.33 Å². The van der Waals surface area contributed by atoms with Crippen molar-refractivity contribution in [2.24, 2.45) is 0 Å². The van der Waals surface area contributed by atoms with E-state index in [-0.39, 0.29) is 43.3 Å². The monoisotopic (exact) mass is 308 g/mol. The Morgan fingerprint density at radius 1 is 1.11 bits per heavy atom. The van der Waals surface area contributed by atoms with Crippen LogP contribution in [-0.2, 0) is 6.42 Å². The molecule has 1 atom stereocenters. The molecule has 0 amide bonds. The van der Waals surface area contributed by atoms with Crippen molar-refractivity contribution in [3.05, 3.63) is 47.8 Å². The van der Waals surface area contributed by atoms with E-state index in [9.17, 15) is 0 Å². The number of nitrogens with one attached hydrogen (secondary N) is 2. The van der Waals surface area contributed by atoms with Crippen LogP contribution in [0.4, 0.5) is 0 Å². The van der Waals surface area contributed by atoms with Gasteiger partial charge < -0.3 is 10.3 Å². The lowest BCUT2D eigenvalue weighted by molar-refractivity contribution is 0.543. The molecule has 3 heterocycles. The molecule has 0 spiro atoms. The first-order chi connectivity index (χ1) is 7.45. The summed E-state index contributed by atoms with van der Waals surface area (Å²) in [5, 5.41) is 3.43. The number of H-pyrrole nitrogens is 1. The van der Waals surface area contributed by atoms with Crippen molar-refractivity contribution in [1.82, 2.24) is 20.3 Å². The van der Waals surface area contributed by atoms with E-state index in [0.29, 0.717) is 0 Å². The van der Waals surface area contributed by atoms with Crippen molar-refractivity contribution in [3.8, 4) is 0 Å². The maximum absolute atomic E-state index is 4.36. The predicted molar refractivity (Wildman–Crippen MR) is 78.1 cm³/mol. The standard InChI is InChI=1S/C11H12N4.3ClH/c1-2-5-12-8(3-1)10-11-9(4-6-13-10)14-7-15-11;;;/h1-3,5,7,10,13H,4,6H2,(H,14,15);3*1H. The van der Waals surface area contributed by atoms with E-state index in [1.165, 1.54) is 5.69 Å². The van der Waals surface area contributed by atoms with Gasteiger partial charge >= 0.3 is 0 Å². The minimum absolute atomic E-state index is 0. The van der Waals surface area contributed by atoms with Crippen LogP contribution in [0.1, 0.15) is 23.1 Å². The molecular weight excluding hydrogens is 295 g/mol. The molecule has 0 radical (unpaired) electrons. The van der Waals surface area contributed by atoms with Gasteiger partial charge in [0, 0.05) is 24.9 Å². The van der Waals surface area contributed by atoms with E-state index in [2.05, 4.69) is 20.3 Å². The lowest BCUT2D eigenvalue weighted by Crippen LogP contribution is -2.31. The van der Waals surface area contributed by atoms with Crippen molar-refractivity contribution in [1.29, 1.82) is 0 Å². The third-order valence-corrected chi connectivity index (χ3v) is 2.73. The molecule has 1 unspecified atom stereocenters. The van der Waals surface area contributed by atoms with Gasteiger partial charge in [-0.05, 0) is 12.1 Å². The summed E-state index contributed by atoms with van der Waals surface area (Å²) in [7, 11) is 0. The van der Waals surface area contributed by atoms with Crippen molar-refractivity contribution < 1.29 is 0 Å². The molecule has 1 aliphatic heterocycles. The molecule has 7 heteroatoms. The van der Waals surface area contributed by atoms with Gasteiger partial charge in [0.15, 0.2) is 0 Å². The topological polar surface area (TPSA) is 53.6 Å². The Balaban J connectivity index is 0.000000963. The molecule has 0 saturated carbocycles. The van der Waals surface area contributed by atoms with E-state index in [0.717, 1.165) is 24.4 Å². The summed E-state index contributed by atoms with van der Waals surface area (Å²) in [6.45, 7) is 0.969. The fourth-order valence-corrected chi connectivity index (χ4v) is 2.01. The lowest BCUT2D eigenvalue weighted by Gasteiger charge is -2.22. The molecule has 0 aromatic carbocycles. The number of pyridine rings is 1. The average molecular weight is 310 g/mol. The molecule has 100 valence electrons. The summed E-state index contributed by atoms with van der Waals surface area (Å²) < 4.78 is 0. The van der Waals surface area contributed by atoms with Crippen molar-refractivity contribution in [3.63, 3.8) is 0 Å². The van der Waals surface area contributed by atoms with Gasteiger partial charge in [0.2, 0.25) is 0 Å². The number of aromatic nitrogens is 3. The fraction of sp³-hybridized carbons (Fsp3) is 0.273. The highest BCUT2D eigenvalue weighted by atomic mass is 35.5. The molecule has 4 nitrogen and oxygen atoms in total. The Morgan fingerprint density at radius 3 is 2.67 bits per heavy atom. The number of hydrogen-bond acceptors (Lipinski definition) is 3. The van der Waals surface area contributed by atoms with E-state index < -0.39 is 0 Å². The second-order valence-corrected chi connectivity index (χ2v) is 3.66. The summed E-state index contributed by atoms with van der Waals surface area (Å²) in [4.78, 5) is 11.9. The van der Waals surface area contributed by atoms with Gasteiger partial charge in [-0.25, -0.2) is 4.98 Å². The molecular formula is C11H15Cl3N4. The summed E-state index contributed by atoms with van der Waals surface area (Å²) in [5.74, 6) is 0. The van der Waals surface area contributed by atoms with Crippen molar-refractivity contribution in [2.45, 2.75) is 12.5 Å². The second kappa shape index (κ2) is 7.59. The Kier molecular flexibility index (Phi) is 7.25. The van der Waals surface area contributed by atoms with Gasteiger partial charge in [0.1, 0.15) is 0 Å². The largest absolute Gasteiger partial charge is 0.348 e. The predicted octanol–water partition coefficient (Wildman–Crippen LogP) is 2.31. The van der Waals surface area contributed by atoms with Crippen LogP contribution in [0.25, 0.3) is 0 Å². The lowest BCUT2D eigenvalue weighted by atomic mass is 10.0. The summed E-state index contributed by atoms with van der Waals surface area (Å²) in [6, 6.07) is 6.10. The number of nitrogens with zero attached hydrogens (tertiary/aromatic N) is 2. The van der Waals surface area contributed by atoms with Gasteiger partial charge in [-0.1, -0.05) is 6.07 Å². The SMILES string of the molecule is Cl.Cl.Cl.c1ccc(C2NCCc3[nH]cnc32)nc1. The third-order valence-electron chi connectivity index (χ3n) is 2.73. The Hall–Kier alpha value is -0.810. The van der Waals surface area contributed by atoms with Crippen LogP contribution in [0.3, 0.4) is 0 Å². The molecule has 18 heavy (non-hydrogen) atoms. The number of rotatable bonds is 1. The zero-order chi connectivity index (χ0) is 10.1. The van der Waals surface area contributed by atoms with Gasteiger partial charge in [-0.15, -0.1) is 37.2 Å². The summed E-state index contributed by atoms with van der Waals surface area (Å²) >= 11 is 0. The first-order valence-electron chi connectivity index (χ1n) is 5.11. The van der Waals surface area contributed by atoms with Crippen molar-refractivity contribution in [2.75, 3.05) is 6.54 Å².